The van der Waals surface area contributed by atoms with Crippen LogP contribution in [0.5, 0.6) is 0 Å². The van der Waals surface area contributed by atoms with Crippen LogP contribution in [0.3, 0.4) is 0 Å². The maximum atomic E-state index is 13.7. The molecule has 0 saturated carbocycles. The van der Waals surface area contributed by atoms with Crippen LogP contribution in [0.2, 0.25) is 5.02 Å². The first-order chi connectivity index (χ1) is 10.1. The monoisotopic (exact) mass is 303 g/mol. The van der Waals surface area contributed by atoms with Crippen molar-refractivity contribution in [1.29, 1.82) is 0 Å². The maximum absolute atomic E-state index is 13.7. The molecule has 0 aliphatic heterocycles. The zero-order chi connectivity index (χ0) is 14.8. The number of hydrogen-bond acceptors (Lipinski definition) is 1. The van der Waals surface area contributed by atoms with Gasteiger partial charge in [0.2, 0.25) is 0 Å². The SMILES string of the molecule is Fc1cc(F)c(NCc2ccc3ccccc3c2)c(Cl)c1. The van der Waals surface area contributed by atoms with Crippen LogP contribution in [-0.2, 0) is 6.54 Å². The van der Waals surface area contributed by atoms with Crippen molar-refractivity contribution in [3.63, 3.8) is 0 Å². The Kier molecular flexibility index (Phi) is 3.76. The van der Waals surface area contributed by atoms with Gasteiger partial charge in [0.25, 0.3) is 0 Å². The van der Waals surface area contributed by atoms with E-state index >= 15 is 0 Å². The zero-order valence-electron chi connectivity index (χ0n) is 11.0. The predicted molar refractivity (Wildman–Crippen MR) is 82.6 cm³/mol. The topological polar surface area (TPSA) is 12.0 Å². The molecule has 0 fully saturated rings. The van der Waals surface area contributed by atoms with Crippen LogP contribution in [0.15, 0.2) is 54.6 Å². The van der Waals surface area contributed by atoms with E-state index in [0.29, 0.717) is 6.54 Å². The highest BCUT2D eigenvalue weighted by atomic mass is 35.5. The largest absolute Gasteiger partial charge is 0.377 e. The van der Waals surface area contributed by atoms with Gasteiger partial charge in [0.1, 0.15) is 5.82 Å². The summed E-state index contributed by atoms with van der Waals surface area (Å²) in [5.74, 6) is -1.38. The van der Waals surface area contributed by atoms with Gasteiger partial charge in [-0.2, -0.15) is 0 Å². The summed E-state index contributed by atoms with van der Waals surface area (Å²) in [5.41, 5.74) is 1.11. The minimum Gasteiger partial charge on any atom is -0.377 e. The van der Waals surface area contributed by atoms with Crippen LogP contribution in [0.1, 0.15) is 5.56 Å². The van der Waals surface area contributed by atoms with E-state index in [1.54, 1.807) is 0 Å². The van der Waals surface area contributed by atoms with Crippen LogP contribution >= 0.6 is 11.6 Å². The Hall–Kier alpha value is -2.13. The fourth-order valence-corrected chi connectivity index (χ4v) is 2.51. The standard InChI is InChI=1S/C17H12ClF2N/c18-15-8-14(19)9-16(20)17(15)21-10-11-5-6-12-3-1-2-4-13(12)7-11/h1-9,21H,10H2. The Bertz CT molecular complexity index is 779. The molecule has 0 bridgehead atoms. The van der Waals surface area contributed by atoms with Crippen molar-refractivity contribution in [2.24, 2.45) is 0 Å². The number of fused-ring (bicyclic) bond motifs is 1. The summed E-state index contributed by atoms with van der Waals surface area (Å²) in [7, 11) is 0. The molecule has 0 aliphatic carbocycles. The Labute approximate surface area is 126 Å². The van der Waals surface area contributed by atoms with Gasteiger partial charge in [0, 0.05) is 12.6 Å². The highest BCUT2D eigenvalue weighted by Gasteiger charge is 2.09. The molecule has 0 heterocycles. The minimum absolute atomic E-state index is 0.0355. The second kappa shape index (κ2) is 5.70. The van der Waals surface area contributed by atoms with Crippen LogP contribution in [-0.4, -0.2) is 0 Å². The number of rotatable bonds is 3. The lowest BCUT2D eigenvalue weighted by atomic mass is 10.1. The van der Waals surface area contributed by atoms with Gasteiger partial charge >= 0.3 is 0 Å². The molecule has 21 heavy (non-hydrogen) atoms. The molecule has 1 nitrogen and oxygen atoms in total. The Morgan fingerprint density at radius 2 is 1.67 bits per heavy atom. The lowest BCUT2D eigenvalue weighted by molar-refractivity contribution is 0.585. The smallest absolute Gasteiger partial charge is 0.150 e. The van der Waals surface area contributed by atoms with Crippen LogP contribution in [0.25, 0.3) is 10.8 Å². The molecule has 0 radical (unpaired) electrons. The summed E-state index contributed by atoms with van der Waals surface area (Å²) in [5, 5.41) is 5.21. The van der Waals surface area contributed by atoms with Gasteiger partial charge in [0.15, 0.2) is 5.82 Å². The summed E-state index contributed by atoms with van der Waals surface area (Å²) < 4.78 is 26.7. The maximum Gasteiger partial charge on any atom is 0.150 e. The molecule has 1 N–H and O–H groups in total. The van der Waals surface area contributed by atoms with E-state index in [1.807, 2.05) is 42.5 Å². The molecule has 3 aromatic rings. The van der Waals surface area contributed by atoms with Crippen molar-refractivity contribution in [3.05, 3.63) is 76.8 Å². The number of hydrogen-bond donors (Lipinski definition) is 1. The fourth-order valence-electron chi connectivity index (χ4n) is 2.25. The second-order valence-corrected chi connectivity index (χ2v) is 5.19. The normalized spacial score (nSPS) is 10.8. The van der Waals surface area contributed by atoms with Gasteiger partial charge in [-0.05, 0) is 28.5 Å². The lowest BCUT2D eigenvalue weighted by Crippen LogP contribution is -2.02. The summed E-state index contributed by atoms with van der Waals surface area (Å²) >= 11 is 5.85. The Morgan fingerprint density at radius 3 is 2.43 bits per heavy atom. The van der Waals surface area contributed by atoms with Gasteiger partial charge in [-0.1, -0.05) is 48.0 Å². The van der Waals surface area contributed by atoms with Gasteiger partial charge < -0.3 is 5.32 Å². The molecule has 106 valence electrons. The van der Waals surface area contributed by atoms with E-state index in [2.05, 4.69) is 5.32 Å². The van der Waals surface area contributed by atoms with E-state index in [9.17, 15) is 8.78 Å². The highest BCUT2D eigenvalue weighted by molar-refractivity contribution is 6.33. The summed E-state index contributed by atoms with van der Waals surface area (Å²) in [6, 6.07) is 15.9. The minimum atomic E-state index is -0.694. The van der Waals surface area contributed by atoms with E-state index in [0.717, 1.165) is 28.5 Å². The summed E-state index contributed by atoms with van der Waals surface area (Å²) in [6.07, 6.45) is 0. The molecular formula is C17H12ClF2N. The van der Waals surface area contributed by atoms with Crippen LogP contribution in [0, 0.1) is 11.6 Å². The average molecular weight is 304 g/mol. The van der Waals surface area contributed by atoms with Gasteiger partial charge in [-0.3, -0.25) is 0 Å². The molecule has 4 heteroatoms. The van der Waals surface area contributed by atoms with Gasteiger partial charge in [-0.25, -0.2) is 8.78 Å². The van der Waals surface area contributed by atoms with Crippen molar-refractivity contribution < 1.29 is 8.78 Å². The lowest BCUT2D eigenvalue weighted by Gasteiger charge is -2.10. The first kappa shape index (κ1) is 13.8. The predicted octanol–water partition coefficient (Wildman–Crippen LogP) is 5.38. The third kappa shape index (κ3) is 2.98. The quantitative estimate of drug-likeness (QED) is 0.684. The molecule has 0 aliphatic rings. The van der Waals surface area contributed by atoms with E-state index in [1.165, 1.54) is 0 Å². The molecule has 0 aromatic heterocycles. The molecular weight excluding hydrogens is 292 g/mol. The van der Waals surface area contributed by atoms with E-state index in [4.69, 9.17) is 11.6 Å². The first-order valence-electron chi connectivity index (χ1n) is 6.49. The second-order valence-electron chi connectivity index (χ2n) is 4.78. The summed E-state index contributed by atoms with van der Waals surface area (Å²) in [6.45, 7) is 0.410. The molecule has 0 unspecified atom stereocenters. The molecule has 0 amide bonds. The third-order valence-corrected chi connectivity index (χ3v) is 3.59. The zero-order valence-corrected chi connectivity index (χ0v) is 11.8. The van der Waals surface area contributed by atoms with Crippen molar-refractivity contribution >= 4 is 28.1 Å². The molecule has 0 saturated heterocycles. The fraction of sp³-hybridized carbons (Fsp3) is 0.0588. The van der Waals surface area contributed by atoms with Crippen molar-refractivity contribution in [2.75, 3.05) is 5.32 Å². The van der Waals surface area contributed by atoms with Gasteiger partial charge in [0.05, 0.1) is 10.7 Å². The average Bonchev–Trinajstić information content (AvgIpc) is 2.46. The van der Waals surface area contributed by atoms with E-state index in [-0.39, 0.29) is 10.7 Å². The van der Waals surface area contributed by atoms with Crippen molar-refractivity contribution in [2.45, 2.75) is 6.54 Å². The molecule has 3 aromatic carbocycles. The van der Waals surface area contributed by atoms with Gasteiger partial charge in [-0.15, -0.1) is 0 Å². The number of anilines is 1. The van der Waals surface area contributed by atoms with E-state index < -0.39 is 11.6 Å². The summed E-state index contributed by atoms with van der Waals surface area (Å²) in [4.78, 5) is 0. The number of halogens is 3. The number of nitrogens with one attached hydrogen (secondary N) is 1. The third-order valence-electron chi connectivity index (χ3n) is 3.29. The highest BCUT2D eigenvalue weighted by Crippen LogP contribution is 2.27. The first-order valence-corrected chi connectivity index (χ1v) is 6.87. The van der Waals surface area contributed by atoms with Crippen LogP contribution in [0.4, 0.5) is 14.5 Å². The molecule has 3 rings (SSSR count). The Morgan fingerprint density at radius 1 is 0.905 bits per heavy atom. The van der Waals surface area contributed by atoms with Crippen molar-refractivity contribution in [1.82, 2.24) is 0 Å². The molecule has 0 spiro atoms. The number of benzene rings is 3. The molecule has 0 atom stereocenters. The Balaban J connectivity index is 1.83. The van der Waals surface area contributed by atoms with Crippen LogP contribution < -0.4 is 5.32 Å². The van der Waals surface area contributed by atoms with Crippen molar-refractivity contribution in [3.8, 4) is 0 Å².